The standard InChI is InChI=1S/C25H20Cl2N2/c26-21-15-7-9-17-23(21)28-29(24-18-10-8-16-22(24)27)25(19-11-3-1-4-12-19)20-13-5-2-6-14-20/h1-18,25,28H. The first kappa shape index (κ1) is 19.4. The third-order valence-electron chi connectivity index (χ3n) is 4.72. The zero-order valence-corrected chi connectivity index (χ0v) is 17.2. The summed E-state index contributed by atoms with van der Waals surface area (Å²) in [6.45, 7) is 0. The molecular formula is C25H20Cl2N2. The maximum atomic E-state index is 6.63. The molecule has 0 radical (unpaired) electrons. The summed E-state index contributed by atoms with van der Waals surface area (Å²) in [5.74, 6) is 0. The van der Waals surface area contributed by atoms with E-state index >= 15 is 0 Å². The van der Waals surface area contributed by atoms with Crippen LogP contribution in [0.5, 0.6) is 0 Å². The summed E-state index contributed by atoms with van der Waals surface area (Å²) in [4.78, 5) is 0. The molecule has 0 saturated carbocycles. The molecule has 4 aromatic carbocycles. The number of hydrazine groups is 1. The molecule has 4 rings (SSSR count). The monoisotopic (exact) mass is 418 g/mol. The van der Waals surface area contributed by atoms with Crippen LogP contribution < -0.4 is 10.4 Å². The number of nitrogens with one attached hydrogen (secondary N) is 1. The van der Waals surface area contributed by atoms with Gasteiger partial charge in [0.05, 0.1) is 21.4 Å². The lowest BCUT2D eigenvalue weighted by atomic mass is 9.97. The van der Waals surface area contributed by atoms with E-state index < -0.39 is 0 Å². The molecule has 29 heavy (non-hydrogen) atoms. The Bertz CT molecular complexity index is 1030. The molecule has 0 aliphatic rings. The van der Waals surface area contributed by atoms with Crippen LogP contribution in [0.25, 0.3) is 0 Å². The quantitative estimate of drug-likeness (QED) is 0.324. The minimum atomic E-state index is -0.117. The van der Waals surface area contributed by atoms with Crippen molar-refractivity contribution >= 4 is 34.6 Å². The molecule has 2 nitrogen and oxygen atoms in total. The van der Waals surface area contributed by atoms with Crippen LogP contribution >= 0.6 is 23.2 Å². The van der Waals surface area contributed by atoms with Crippen LogP contribution in [0.2, 0.25) is 10.0 Å². The highest BCUT2D eigenvalue weighted by Crippen LogP contribution is 2.37. The summed E-state index contributed by atoms with van der Waals surface area (Å²) in [5, 5.41) is 3.38. The summed E-state index contributed by atoms with van der Waals surface area (Å²) in [6, 6.07) is 36.1. The predicted octanol–water partition coefficient (Wildman–Crippen LogP) is 7.62. The molecule has 0 atom stereocenters. The fraction of sp³-hybridized carbons (Fsp3) is 0.0400. The Morgan fingerprint density at radius 3 is 1.59 bits per heavy atom. The summed E-state index contributed by atoms with van der Waals surface area (Å²) >= 11 is 13.1. The highest BCUT2D eigenvalue weighted by molar-refractivity contribution is 6.34. The molecule has 0 heterocycles. The van der Waals surface area contributed by atoms with Gasteiger partial charge in [0, 0.05) is 0 Å². The lowest BCUT2D eigenvalue weighted by molar-refractivity contribution is 0.773. The lowest BCUT2D eigenvalue weighted by Gasteiger charge is -2.36. The Hall–Kier alpha value is -2.94. The van der Waals surface area contributed by atoms with Crippen LogP contribution in [0.1, 0.15) is 17.2 Å². The second kappa shape index (κ2) is 9.04. The third-order valence-corrected chi connectivity index (χ3v) is 5.36. The Balaban J connectivity index is 1.89. The molecule has 0 unspecified atom stereocenters. The summed E-state index contributed by atoms with van der Waals surface area (Å²) < 4.78 is 0. The van der Waals surface area contributed by atoms with Gasteiger partial charge in [-0.1, -0.05) is 108 Å². The lowest BCUT2D eigenvalue weighted by Crippen LogP contribution is -2.35. The number of halogens is 2. The largest absolute Gasteiger partial charge is 0.296 e. The normalized spacial score (nSPS) is 10.7. The fourth-order valence-electron chi connectivity index (χ4n) is 3.35. The fourth-order valence-corrected chi connectivity index (χ4v) is 3.76. The van der Waals surface area contributed by atoms with Gasteiger partial charge in [-0.2, -0.15) is 0 Å². The number of anilines is 2. The average molecular weight is 419 g/mol. The Labute approximate surface area is 181 Å². The molecule has 4 aromatic rings. The average Bonchev–Trinajstić information content (AvgIpc) is 2.77. The van der Waals surface area contributed by atoms with E-state index in [9.17, 15) is 0 Å². The Morgan fingerprint density at radius 2 is 1.03 bits per heavy atom. The van der Waals surface area contributed by atoms with Crippen molar-refractivity contribution in [3.05, 3.63) is 130 Å². The summed E-state index contributed by atoms with van der Waals surface area (Å²) in [6.07, 6.45) is 0. The van der Waals surface area contributed by atoms with Gasteiger partial charge in [0.15, 0.2) is 0 Å². The van der Waals surface area contributed by atoms with Crippen LogP contribution in [-0.4, -0.2) is 0 Å². The molecule has 0 amide bonds. The number of benzene rings is 4. The molecule has 0 aliphatic heterocycles. The first-order valence-electron chi connectivity index (χ1n) is 9.39. The number of rotatable bonds is 6. The topological polar surface area (TPSA) is 15.3 Å². The number of para-hydroxylation sites is 2. The first-order valence-corrected chi connectivity index (χ1v) is 10.1. The molecule has 4 heteroatoms. The summed E-state index contributed by atoms with van der Waals surface area (Å²) in [7, 11) is 0. The minimum absolute atomic E-state index is 0.117. The van der Waals surface area contributed by atoms with Crippen LogP contribution in [0.4, 0.5) is 11.4 Å². The molecule has 0 saturated heterocycles. The van der Waals surface area contributed by atoms with Gasteiger partial charge in [-0.15, -0.1) is 0 Å². The zero-order valence-electron chi connectivity index (χ0n) is 15.7. The molecule has 0 bridgehead atoms. The highest BCUT2D eigenvalue weighted by atomic mass is 35.5. The summed E-state index contributed by atoms with van der Waals surface area (Å²) in [5.41, 5.74) is 7.47. The smallest absolute Gasteiger partial charge is 0.100 e. The van der Waals surface area contributed by atoms with Crippen molar-refractivity contribution in [3.8, 4) is 0 Å². The second-order valence-corrected chi connectivity index (χ2v) is 7.45. The van der Waals surface area contributed by atoms with Crippen LogP contribution in [0.15, 0.2) is 109 Å². The van der Waals surface area contributed by atoms with E-state index in [-0.39, 0.29) is 6.04 Å². The zero-order chi connectivity index (χ0) is 20.1. The maximum absolute atomic E-state index is 6.63. The Kier molecular flexibility index (Phi) is 6.04. The second-order valence-electron chi connectivity index (χ2n) is 6.64. The molecular weight excluding hydrogens is 399 g/mol. The predicted molar refractivity (Wildman–Crippen MR) is 124 cm³/mol. The number of hydrogen-bond donors (Lipinski definition) is 1. The van der Waals surface area contributed by atoms with Crippen molar-refractivity contribution in [1.29, 1.82) is 0 Å². The van der Waals surface area contributed by atoms with Gasteiger partial charge in [0.2, 0.25) is 0 Å². The van der Waals surface area contributed by atoms with E-state index in [1.807, 2.05) is 84.9 Å². The van der Waals surface area contributed by atoms with Crippen molar-refractivity contribution < 1.29 is 0 Å². The van der Waals surface area contributed by atoms with Crippen LogP contribution in [0.3, 0.4) is 0 Å². The van der Waals surface area contributed by atoms with E-state index in [1.54, 1.807) is 0 Å². The van der Waals surface area contributed by atoms with Gasteiger partial charge in [0.1, 0.15) is 6.04 Å². The van der Waals surface area contributed by atoms with Crippen LogP contribution in [-0.2, 0) is 0 Å². The van der Waals surface area contributed by atoms with Gasteiger partial charge < -0.3 is 0 Å². The maximum Gasteiger partial charge on any atom is 0.100 e. The van der Waals surface area contributed by atoms with E-state index in [0.29, 0.717) is 10.0 Å². The van der Waals surface area contributed by atoms with Gasteiger partial charge in [0.25, 0.3) is 0 Å². The van der Waals surface area contributed by atoms with Crippen molar-refractivity contribution in [1.82, 2.24) is 0 Å². The SMILES string of the molecule is Clc1ccccc1NN(c1ccccc1Cl)C(c1ccccc1)c1ccccc1. The van der Waals surface area contributed by atoms with E-state index in [4.69, 9.17) is 23.2 Å². The molecule has 1 N–H and O–H groups in total. The van der Waals surface area contributed by atoms with Crippen molar-refractivity contribution in [2.45, 2.75) is 6.04 Å². The minimum Gasteiger partial charge on any atom is -0.296 e. The van der Waals surface area contributed by atoms with Gasteiger partial charge in [-0.05, 0) is 35.4 Å². The van der Waals surface area contributed by atoms with Gasteiger partial charge in [-0.3, -0.25) is 10.4 Å². The molecule has 0 spiro atoms. The van der Waals surface area contributed by atoms with Gasteiger partial charge in [-0.25, -0.2) is 0 Å². The molecule has 0 fully saturated rings. The molecule has 144 valence electrons. The van der Waals surface area contributed by atoms with E-state index in [0.717, 1.165) is 22.5 Å². The Morgan fingerprint density at radius 1 is 0.552 bits per heavy atom. The van der Waals surface area contributed by atoms with Crippen molar-refractivity contribution in [3.63, 3.8) is 0 Å². The van der Waals surface area contributed by atoms with Crippen molar-refractivity contribution in [2.24, 2.45) is 0 Å². The number of nitrogens with zero attached hydrogens (tertiary/aromatic N) is 1. The highest BCUT2D eigenvalue weighted by Gasteiger charge is 2.25. The van der Waals surface area contributed by atoms with Crippen LogP contribution in [0, 0.1) is 0 Å². The van der Waals surface area contributed by atoms with E-state index in [2.05, 4.69) is 34.7 Å². The number of hydrogen-bond acceptors (Lipinski definition) is 2. The molecule has 0 aromatic heterocycles. The van der Waals surface area contributed by atoms with Crippen molar-refractivity contribution in [2.75, 3.05) is 10.4 Å². The first-order chi connectivity index (χ1) is 14.2. The third kappa shape index (κ3) is 4.40. The van der Waals surface area contributed by atoms with Gasteiger partial charge >= 0.3 is 0 Å². The molecule has 0 aliphatic carbocycles. The van der Waals surface area contributed by atoms with E-state index in [1.165, 1.54) is 0 Å².